The molecule has 5 rings (SSSR count). The minimum Gasteiger partial charge on any atom is -0.494 e. The topological polar surface area (TPSA) is 116 Å². The molecule has 0 spiro atoms. The van der Waals surface area contributed by atoms with E-state index < -0.39 is 0 Å². The standard InChI is InChI=1S/C25H32N7O2P/c1-3-34-16-10-9-15(11-17(12-16)33-2)32-23(26)19-13-28-31-24(22(19)25(32)35)27-14-21-18-7-5-4-6-8-20(18)29-30-21/h9-13,17H,3-8,14,26,35H2,1-2H3,(H,27,31)(H,29,30). The molecule has 10 heteroatoms. The number of nitrogen functional groups attached to an aromatic ring is 1. The number of aryl methyl sites for hydroxylation is 1. The molecule has 2 unspecified atom stereocenters. The Morgan fingerprint density at radius 1 is 1.23 bits per heavy atom. The number of H-pyrrole nitrogens is 1. The number of hydrogen-bond acceptors (Lipinski definition) is 7. The summed E-state index contributed by atoms with van der Waals surface area (Å²) in [5.74, 6) is 2.02. The van der Waals surface area contributed by atoms with E-state index in [0.29, 0.717) is 24.8 Å². The lowest BCUT2D eigenvalue weighted by atomic mass is 10.1. The lowest BCUT2D eigenvalue weighted by molar-refractivity contribution is 0.169. The minimum absolute atomic E-state index is 0.250. The fourth-order valence-electron chi connectivity index (χ4n) is 4.85. The van der Waals surface area contributed by atoms with Gasteiger partial charge in [0.05, 0.1) is 42.0 Å². The molecule has 0 saturated carbocycles. The van der Waals surface area contributed by atoms with Gasteiger partial charge in [-0.05, 0) is 62.5 Å². The van der Waals surface area contributed by atoms with Gasteiger partial charge in [-0.1, -0.05) is 15.7 Å². The van der Waals surface area contributed by atoms with Crippen molar-refractivity contribution in [2.45, 2.75) is 51.7 Å². The number of ether oxygens (including phenoxy) is 2. The van der Waals surface area contributed by atoms with Gasteiger partial charge < -0.3 is 20.5 Å². The van der Waals surface area contributed by atoms with Crippen LogP contribution in [0.4, 0.5) is 11.6 Å². The molecule has 2 atom stereocenters. The van der Waals surface area contributed by atoms with Gasteiger partial charge in [0.2, 0.25) is 0 Å². The quantitative estimate of drug-likeness (QED) is 0.341. The number of nitrogens with two attached hydrogens (primary N) is 1. The predicted octanol–water partition coefficient (Wildman–Crippen LogP) is 3.46. The summed E-state index contributed by atoms with van der Waals surface area (Å²) in [5.41, 5.74) is 12.1. The number of rotatable bonds is 7. The third-order valence-electron chi connectivity index (χ3n) is 6.60. The number of nitrogens with one attached hydrogen (secondary N) is 2. The molecule has 0 radical (unpaired) electrons. The minimum atomic E-state index is -0.250. The molecule has 0 aromatic carbocycles. The molecule has 0 fully saturated rings. The Labute approximate surface area is 207 Å². The van der Waals surface area contributed by atoms with E-state index in [1.807, 2.05) is 35.8 Å². The number of allylic oxidation sites excluding steroid dienone is 3. The Hall–Kier alpha value is -3.16. The molecule has 3 heterocycles. The maximum absolute atomic E-state index is 6.64. The predicted molar refractivity (Wildman–Crippen MR) is 142 cm³/mol. The zero-order chi connectivity index (χ0) is 24.4. The van der Waals surface area contributed by atoms with E-state index in [2.05, 4.69) is 35.0 Å². The SMILES string of the molecule is CCOC1=CC(OC)C=C(n2c(N)c3cnnc(NCc4n[nH]c5c4CCCCC5)c3c2P)C=C1. The first kappa shape index (κ1) is 23.6. The first-order chi connectivity index (χ1) is 17.1. The highest BCUT2D eigenvalue weighted by atomic mass is 31.0. The average Bonchev–Trinajstić information content (AvgIpc) is 3.15. The van der Waals surface area contributed by atoms with Crippen molar-refractivity contribution >= 4 is 42.8 Å². The summed E-state index contributed by atoms with van der Waals surface area (Å²) in [4.78, 5) is 0. The van der Waals surface area contributed by atoms with Crippen molar-refractivity contribution in [2.24, 2.45) is 0 Å². The molecule has 0 aliphatic heterocycles. The zero-order valence-corrected chi connectivity index (χ0v) is 21.3. The van der Waals surface area contributed by atoms with Gasteiger partial charge in [0.1, 0.15) is 11.6 Å². The van der Waals surface area contributed by atoms with Crippen LogP contribution in [0.25, 0.3) is 16.5 Å². The van der Waals surface area contributed by atoms with E-state index in [-0.39, 0.29) is 6.10 Å². The number of hydrogen-bond donors (Lipinski definition) is 3. The maximum atomic E-state index is 6.64. The molecule has 9 nitrogen and oxygen atoms in total. The second-order valence-electron chi connectivity index (χ2n) is 8.76. The molecule has 35 heavy (non-hydrogen) atoms. The van der Waals surface area contributed by atoms with Crippen LogP contribution in [-0.2, 0) is 28.9 Å². The van der Waals surface area contributed by atoms with Crippen molar-refractivity contribution in [1.82, 2.24) is 25.0 Å². The van der Waals surface area contributed by atoms with Crippen LogP contribution in [0.5, 0.6) is 0 Å². The van der Waals surface area contributed by atoms with Crippen LogP contribution in [0, 0.1) is 0 Å². The van der Waals surface area contributed by atoms with Gasteiger partial charge in [0, 0.05) is 23.9 Å². The maximum Gasteiger partial charge on any atom is 0.159 e. The molecule has 2 aliphatic carbocycles. The summed E-state index contributed by atoms with van der Waals surface area (Å²) in [6.45, 7) is 3.12. The highest BCUT2D eigenvalue weighted by molar-refractivity contribution is 7.28. The molecule has 0 amide bonds. The molecule has 3 aromatic rings. The molecule has 2 aliphatic rings. The van der Waals surface area contributed by atoms with Crippen LogP contribution in [0.3, 0.4) is 0 Å². The van der Waals surface area contributed by atoms with Crippen molar-refractivity contribution in [3.05, 3.63) is 53.2 Å². The number of aromatic amines is 1. The van der Waals surface area contributed by atoms with Crippen molar-refractivity contribution in [3.63, 3.8) is 0 Å². The smallest absolute Gasteiger partial charge is 0.159 e. The Kier molecular flexibility index (Phi) is 6.88. The summed E-state index contributed by atoms with van der Waals surface area (Å²) in [6.07, 6.45) is 15.1. The largest absolute Gasteiger partial charge is 0.494 e. The van der Waals surface area contributed by atoms with Gasteiger partial charge in [0.15, 0.2) is 5.82 Å². The van der Waals surface area contributed by atoms with Crippen LogP contribution < -0.4 is 16.5 Å². The number of methoxy groups -OCH3 is 1. The molecule has 184 valence electrons. The Morgan fingerprint density at radius 3 is 2.91 bits per heavy atom. The summed E-state index contributed by atoms with van der Waals surface area (Å²) in [7, 11) is 4.49. The van der Waals surface area contributed by atoms with Crippen molar-refractivity contribution < 1.29 is 9.47 Å². The summed E-state index contributed by atoms with van der Waals surface area (Å²) >= 11 is 0. The van der Waals surface area contributed by atoms with E-state index >= 15 is 0 Å². The van der Waals surface area contributed by atoms with E-state index in [1.165, 1.54) is 30.5 Å². The second-order valence-corrected chi connectivity index (χ2v) is 9.30. The van der Waals surface area contributed by atoms with Gasteiger partial charge >= 0.3 is 0 Å². The lowest BCUT2D eigenvalue weighted by Crippen LogP contribution is -2.14. The summed E-state index contributed by atoms with van der Waals surface area (Å²) in [5, 5.41) is 21.7. The van der Waals surface area contributed by atoms with Crippen molar-refractivity contribution in [2.75, 3.05) is 24.8 Å². The van der Waals surface area contributed by atoms with Crippen LogP contribution in [-0.4, -0.2) is 44.8 Å². The number of nitrogens with zero attached hydrogens (tertiary/aromatic N) is 4. The molecule has 0 saturated heterocycles. The van der Waals surface area contributed by atoms with Crippen LogP contribution in [0.2, 0.25) is 0 Å². The van der Waals surface area contributed by atoms with Crippen molar-refractivity contribution in [3.8, 4) is 0 Å². The molecular formula is C25H32N7O2P. The van der Waals surface area contributed by atoms with E-state index in [0.717, 1.165) is 46.2 Å². The zero-order valence-electron chi connectivity index (χ0n) is 20.2. The van der Waals surface area contributed by atoms with Crippen LogP contribution >= 0.6 is 9.24 Å². The summed E-state index contributed by atoms with van der Waals surface area (Å²) < 4.78 is 13.3. The highest BCUT2D eigenvalue weighted by Crippen LogP contribution is 2.32. The van der Waals surface area contributed by atoms with E-state index in [9.17, 15) is 0 Å². The van der Waals surface area contributed by atoms with Crippen LogP contribution in [0.1, 0.15) is 43.1 Å². The van der Waals surface area contributed by atoms with Gasteiger partial charge in [-0.2, -0.15) is 10.2 Å². The van der Waals surface area contributed by atoms with E-state index in [4.69, 9.17) is 15.2 Å². The molecular weight excluding hydrogens is 461 g/mol. The Balaban J connectivity index is 1.49. The molecule has 0 bridgehead atoms. The third kappa shape index (κ3) is 4.58. The summed E-state index contributed by atoms with van der Waals surface area (Å²) in [6, 6.07) is 0. The third-order valence-corrected chi connectivity index (χ3v) is 7.15. The first-order valence-corrected chi connectivity index (χ1v) is 12.7. The fraction of sp³-hybridized carbons (Fsp3) is 0.400. The fourth-order valence-corrected chi connectivity index (χ4v) is 5.43. The average molecular weight is 494 g/mol. The van der Waals surface area contributed by atoms with Gasteiger partial charge in [-0.25, -0.2) is 0 Å². The Morgan fingerprint density at radius 2 is 2.09 bits per heavy atom. The van der Waals surface area contributed by atoms with E-state index in [1.54, 1.807) is 13.3 Å². The second kappa shape index (κ2) is 10.2. The Bertz CT molecular complexity index is 1320. The first-order valence-electron chi connectivity index (χ1n) is 12.1. The molecule has 4 N–H and O–H groups in total. The van der Waals surface area contributed by atoms with Gasteiger partial charge in [-0.3, -0.25) is 9.67 Å². The number of anilines is 2. The van der Waals surface area contributed by atoms with Gasteiger partial charge in [0.25, 0.3) is 0 Å². The van der Waals surface area contributed by atoms with Crippen molar-refractivity contribution in [1.29, 1.82) is 0 Å². The van der Waals surface area contributed by atoms with Crippen LogP contribution in [0.15, 0.2) is 36.3 Å². The van der Waals surface area contributed by atoms with Gasteiger partial charge in [-0.15, -0.1) is 5.10 Å². The monoisotopic (exact) mass is 493 g/mol. The highest BCUT2D eigenvalue weighted by Gasteiger charge is 2.21. The molecule has 3 aromatic heterocycles. The number of fused-ring (bicyclic) bond motifs is 2. The normalized spacial score (nSPS) is 18.0. The lowest BCUT2D eigenvalue weighted by Gasteiger charge is -2.12. The number of aromatic nitrogens is 5.